The van der Waals surface area contributed by atoms with Crippen LogP contribution in [-0.4, -0.2) is 26.4 Å². The standard InChI is InChI=1S/C22H26N4OS/c1-4-17-10-12-19(13-11-17)23-20(27)15-28-22-25-24-21(26(22)14-16(2)3)18-8-6-5-7-9-18/h5-13,16H,4,14-15H2,1-3H3,(H,23,27). The number of amides is 1. The zero-order chi connectivity index (χ0) is 19.9. The summed E-state index contributed by atoms with van der Waals surface area (Å²) in [4.78, 5) is 12.4. The predicted molar refractivity (Wildman–Crippen MR) is 115 cm³/mol. The topological polar surface area (TPSA) is 59.8 Å². The second kappa shape index (κ2) is 9.55. The summed E-state index contributed by atoms with van der Waals surface area (Å²) in [5.74, 6) is 1.53. The number of aryl methyl sites for hydroxylation is 1. The average molecular weight is 395 g/mol. The monoisotopic (exact) mass is 394 g/mol. The Morgan fingerprint density at radius 2 is 1.79 bits per heavy atom. The Hall–Kier alpha value is -2.60. The van der Waals surface area contributed by atoms with Gasteiger partial charge in [0.1, 0.15) is 0 Å². The molecule has 28 heavy (non-hydrogen) atoms. The molecule has 0 atom stereocenters. The molecular weight excluding hydrogens is 368 g/mol. The van der Waals surface area contributed by atoms with Crippen LogP contribution in [0.15, 0.2) is 59.8 Å². The normalized spacial score (nSPS) is 11.0. The van der Waals surface area contributed by atoms with Crippen LogP contribution in [0, 0.1) is 5.92 Å². The van der Waals surface area contributed by atoms with Gasteiger partial charge in [0.25, 0.3) is 0 Å². The van der Waals surface area contributed by atoms with Crippen LogP contribution in [0.3, 0.4) is 0 Å². The zero-order valence-electron chi connectivity index (χ0n) is 16.6. The second-order valence-electron chi connectivity index (χ2n) is 7.06. The van der Waals surface area contributed by atoms with E-state index < -0.39 is 0 Å². The molecule has 0 aliphatic heterocycles. The number of hydrogen-bond donors (Lipinski definition) is 1. The summed E-state index contributed by atoms with van der Waals surface area (Å²) in [6.07, 6.45) is 0.985. The van der Waals surface area contributed by atoms with E-state index in [1.165, 1.54) is 17.3 Å². The summed E-state index contributed by atoms with van der Waals surface area (Å²) in [5.41, 5.74) is 3.10. The van der Waals surface area contributed by atoms with Crippen molar-refractivity contribution in [2.24, 2.45) is 5.92 Å². The van der Waals surface area contributed by atoms with Crippen LogP contribution >= 0.6 is 11.8 Å². The minimum Gasteiger partial charge on any atom is -0.325 e. The summed E-state index contributed by atoms with van der Waals surface area (Å²) < 4.78 is 2.11. The number of thioether (sulfide) groups is 1. The predicted octanol–water partition coefficient (Wildman–Crippen LogP) is 4.89. The molecule has 1 aromatic heterocycles. The molecular formula is C22H26N4OS. The lowest BCUT2D eigenvalue weighted by molar-refractivity contribution is -0.113. The van der Waals surface area contributed by atoms with E-state index in [-0.39, 0.29) is 5.91 Å². The minimum atomic E-state index is -0.0467. The Balaban J connectivity index is 1.69. The SMILES string of the molecule is CCc1ccc(NC(=O)CSc2nnc(-c3ccccc3)n2CC(C)C)cc1. The van der Waals surface area contributed by atoms with Gasteiger partial charge in [-0.2, -0.15) is 0 Å². The van der Waals surface area contributed by atoms with Gasteiger partial charge in [-0.1, -0.05) is 75.0 Å². The van der Waals surface area contributed by atoms with Gasteiger partial charge in [0, 0.05) is 17.8 Å². The molecule has 0 fully saturated rings. The highest BCUT2D eigenvalue weighted by Crippen LogP contribution is 2.25. The highest BCUT2D eigenvalue weighted by atomic mass is 32.2. The lowest BCUT2D eigenvalue weighted by Gasteiger charge is -2.12. The summed E-state index contributed by atoms with van der Waals surface area (Å²) >= 11 is 1.42. The van der Waals surface area contributed by atoms with Crippen molar-refractivity contribution in [2.75, 3.05) is 11.1 Å². The van der Waals surface area contributed by atoms with Gasteiger partial charge in [-0.3, -0.25) is 4.79 Å². The zero-order valence-corrected chi connectivity index (χ0v) is 17.4. The molecule has 2 aromatic carbocycles. The maximum absolute atomic E-state index is 12.4. The number of rotatable bonds is 8. The number of benzene rings is 2. The molecule has 1 N–H and O–H groups in total. The van der Waals surface area contributed by atoms with Gasteiger partial charge in [0.15, 0.2) is 11.0 Å². The van der Waals surface area contributed by atoms with E-state index in [4.69, 9.17) is 0 Å². The van der Waals surface area contributed by atoms with Gasteiger partial charge >= 0.3 is 0 Å². The summed E-state index contributed by atoms with van der Waals surface area (Å²) in [6, 6.07) is 18.0. The molecule has 0 aliphatic rings. The molecule has 3 aromatic rings. The third kappa shape index (κ3) is 5.23. The van der Waals surface area contributed by atoms with Crippen molar-refractivity contribution < 1.29 is 4.79 Å². The van der Waals surface area contributed by atoms with Crippen molar-refractivity contribution in [1.29, 1.82) is 0 Å². The van der Waals surface area contributed by atoms with Gasteiger partial charge in [0.2, 0.25) is 5.91 Å². The first-order valence-electron chi connectivity index (χ1n) is 9.57. The van der Waals surface area contributed by atoms with Crippen LogP contribution in [0.5, 0.6) is 0 Å². The fraction of sp³-hybridized carbons (Fsp3) is 0.318. The van der Waals surface area contributed by atoms with Crippen LogP contribution in [0.25, 0.3) is 11.4 Å². The number of aromatic nitrogens is 3. The Morgan fingerprint density at radius 1 is 1.07 bits per heavy atom. The van der Waals surface area contributed by atoms with Crippen LogP contribution in [0.1, 0.15) is 26.3 Å². The second-order valence-corrected chi connectivity index (χ2v) is 8.01. The number of nitrogens with one attached hydrogen (secondary N) is 1. The molecule has 6 heteroatoms. The fourth-order valence-electron chi connectivity index (χ4n) is 2.88. The van der Waals surface area contributed by atoms with Gasteiger partial charge in [0.05, 0.1) is 5.75 Å². The van der Waals surface area contributed by atoms with E-state index in [9.17, 15) is 4.79 Å². The first-order valence-corrected chi connectivity index (χ1v) is 10.6. The van der Waals surface area contributed by atoms with Crippen molar-refractivity contribution in [3.05, 3.63) is 60.2 Å². The van der Waals surface area contributed by atoms with Crippen molar-refractivity contribution in [3.63, 3.8) is 0 Å². The molecule has 1 amide bonds. The molecule has 0 aliphatic carbocycles. The lowest BCUT2D eigenvalue weighted by atomic mass is 10.1. The number of hydrogen-bond acceptors (Lipinski definition) is 4. The third-order valence-corrected chi connectivity index (χ3v) is 5.24. The molecule has 146 valence electrons. The maximum Gasteiger partial charge on any atom is 0.234 e. The Kier molecular flexibility index (Phi) is 6.87. The number of carbonyl (C=O) groups is 1. The molecule has 0 unspecified atom stereocenters. The molecule has 1 heterocycles. The minimum absolute atomic E-state index is 0.0467. The van der Waals surface area contributed by atoms with Crippen LogP contribution < -0.4 is 5.32 Å². The molecule has 5 nitrogen and oxygen atoms in total. The van der Waals surface area contributed by atoms with Crippen LogP contribution in [0.4, 0.5) is 5.69 Å². The largest absolute Gasteiger partial charge is 0.325 e. The summed E-state index contributed by atoms with van der Waals surface area (Å²) in [5, 5.41) is 12.4. The van der Waals surface area contributed by atoms with Gasteiger partial charge in [-0.15, -0.1) is 10.2 Å². The van der Waals surface area contributed by atoms with E-state index in [1.807, 2.05) is 54.6 Å². The van der Waals surface area contributed by atoms with Crippen molar-refractivity contribution >= 4 is 23.4 Å². The average Bonchev–Trinajstić information content (AvgIpc) is 3.09. The Labute approximate surface area is 170 Å². The molecule has 0 spiro atoms. The number of nitrogens with zero attached hydrogens (tertiary/aromatic N) is 3. The maximum atomic E-state index is 12.4. The summed E-state index contributed by atoms with van der Waals surface area (Å²) in [7, 11) is 0. The quantitative estimate of drug-likeness (QED) is 0.552. The summed E-state index contributed by atoms with van der Waals surface area (Å²) in [6.45, 7) is 7.24. The molecule has 0 bridgehead atoms. The van der Waals surface area contributed by atoms with Gasteiger partial charge in [-0.25, -0.2) is 0 Å². The van der Waals surface area contributed by atoms with Crippen molar-refractivity contribution in [2.45, 2.75) is 38.9 Å². The first-order chi connectivity index (χ1) is 13.6. The fourth-order valence-corrected chi connectivity index (χ4v) is 3.62. The molecule has 0 radical (unpaired) electrons. The number of carbonyl (C=O) groups excluding carboxylic acids is 1. The molecule has 3 rings (SSSR count). The van der Waals surface area contributed by atoms with E-state index in [0.29, 0.717) is 11.7 Å². The molecule has 0 saturated heterocycles. The smallest absolute Gasteiger partial charge is 0.234 e. The Bertz CT molecular complexity index is 904. The van der Waals surface area contributed by atoms with Crippen LogP contribution in [0.2, 0.25) is 0 Å². The lowest BCUT2D eigenvalue weighted by Crippen LogP contribution is -2.15. The highest BCUT2D eigenvalue weighted by molar-refractivity contribution is 7.99. The number of anilines is 1. The first kappa shape index (κ1) is 20.1. The van der Waals surface area contributed by atoms with Gasteiger partial charge in [-0.05, 0) is 30.0 Å². The van der Waals surface area contributed by atoms with E-state index in [0.717, 1.165) is 35.2 Å². The van der Waals surface area contributed by atoms with E-state index in [2.05, 4.69) is 40.9 Å². The van der Waals surface area contributed by atoms with E-state index in [1.54, 1.807) is 0 Å². The third-order valence-electron chi connectivity index (χ3n) is 4.27. The highest BCUT2D eigenvalue weighted by Gasteiger charge is 2.16. The van der Waals surface area contributed by atoms with E-state index >= 15 is 0 Å². The van der Waals surface area contributed by atoms with Gasteiger partial charge < -0.3 is 9.88 Å². The van der Waals surface area contributed by atoms with Crippen molar-refractivity contribution in [1.82, 2.24) is 14.8 Å². The Morgan fingerprint density at radius 3 is 2.43 bits per heavy atom. The molecule has 0 saturated carbocycles. The van der Waals surface area contributed by atoms with Crippen LogP contribution in [-0.2, 0) is 17.8 Å². The van der Waals surface area contributed by atoms with Crippen molar-refractivity contribution in [3.8, 4) is 11.4 Å².